The van der Waals surface area contributed by atoms with Gasteiger partial charge in [0.25, 0.3) is 0 Å². The van der Waals surface area contributed by atoms with Crippen LogP contribution in [0.15, 0.2) is 48.5 Å². The first kappa shape index (κ1) is 20.8. The van der Waals surface area contributed by atoms with Gasteiger partial charge in [-0.15, -0.1) is 0 Å². The smallest absolute Gasteiger partial charge is 0.226 e. The third-order valence-electron chi connectivity index (χ3n) is 5.04. The largest absolute Gasteiger partial charge is 0.497 e. The number of hydrogen-bond acceptors (Lipinski definition) is 4. The Labute approximate surface area is 175 Å². The number of aromatic amines is 1. The monoisotopic (exact) mass is 410 g/mol. The van der Waals surface area contributed by atoms with E-state index in [1.807, 2.05) is 41.0 Å². The van der Waals surface area contributed by atoms with E-state index in [-0.39, 0.29) is 5.91 Å². The summed E-state index contributed by atoms with van der Waals surface area (Å²) in [6.45, 7) is 4.80. The van der Waals surface area contributed by atoms with Crippen LogP contribution in [0.4, 0.5) is 5.69 Å². The number of nitrogens with zero attached hydrogens (tertiary/aromatic N) is 2. The van der Waals surface area contributed by atoms with Crippen LogP contribution < -0.4 is 10.1 Å². The molecule has 0 radical (unpaired) electrons. The maximum Gasteiger partial charge on any atom is 0.226 e. The van der Waals surface area contributed by atoms with Gasteiger partial charge in [-0.2, -0.15) is 5.10 Å². The molecule has 7 heteroatoms. The lowest BCUT2D eigenvalue weighted by Gasteiger charge is -2.11. The van der Waals surface area contributed by atoms with Gasteiger partial charge in [-0.25, -0.2) is 0 Å². The molecule has 1 amide bonds. The van der Waals surface area contributed by atoms with Crippen LogP contribution in [0, 0.1) is 4.77 Å². The zero-order valence-corrected chi connectivity index (χ0v) is 17.8. The van der Waals surface area contributed by atoms with Crippen molar-refractivity contribution in [3.63, 3.8) is 0 Å². The summed E-state index contributed by atoms with van der Waals surface area (Å²) in [6, 6.07) is 15.6. The Morgan fingerprint density at radius 2 is 1.90 bits per heavy atom. The number of anilines is 1. The summed E-state index contributed by atoms with van der Waals surface area (Å²) < 4.78 is 7.52. The third kappa shape index (κ3) is 5.12. The molecule has 0 bridgehead atoms. The molecule has 0 saturated heterocycles. The van der Waals surface area contributed by atoms with Gasteiger partial charge in [-0.3, -0.25) is 14.5 Å². The van der Waals surface area contributed by atoms with E-state index in [2.05, 4.69) is 41.5 Å². The molecule has 3 aromatic rings. The van der Waals surface area contributed by atoms with Crippen LogP contribution >= 0.6 is 12.2 Å². The average molecular weight is 411 g/mol. The summed E-state index contributed by atoms with van der Waals surface area (Å²) in [7, 11) is 1.63. The molecule has 152 valence electrons. The van der Waals surface area contributed by atoms with Gasteiger partial charge in [0.15, 0.2) is 10.6 Å². The first-order valence-corrected chi connectivity index (χ1v) is 10.1. The topological polar surface area (TPSA) is 71.9 Å². The van der Waals surface area contributed by atoms with Gasteiger partial charge < -0.3 is 10.1 Å². The number of amides is 1. The molecule has 29 heavy (non-hydrogen) atoms. The predicted octanol–water partition coefficient (Wildman–Crippen LogP) is 5.16. The van der Waals surface area contributed by atoms with Crippen LogP contribution in [0.2, 0.25) is 0 Å². The minimum absolute atomic E-state index is 0.0647. The van der Waals surface area contributed by atoms with E-state index >= 15 is 0 Å². The lowest BCUT2D eigenvalue weighted by molar-refractivity contribution is -0.116. The van der Waals surface area contributed by atoms with Crippen molar-refractivity contribution in [2.24, 2.45) is 0 Å². The van der Waals surface area contributed by atoms with Gasteiger partial charge in [0.1, 0.15) is 5.75 Å². The Hall–Kier alpha value is -2.93. The Balaban J connectivity index is 1.64. The first-order valence-electron chi connectivity index (χ1n) is 9.71. The molecule has 0 aliphatic carbocycles. The number of H-pyrrole nitrogens is 1. The van der Waals surface area contributed by atoms with E-state index < -0.39 is 0 Å². The van der Waals surface area contributed by atoms with Crippen LogP contribution in [-0.2, 0) is 11.3 Å². The van der Waals surface area contributed by atoms with Gasteiger partial charge in [-0.05, 0) is 66.5 Å². The van der Waals surface area contributed by atoms with Crippen LogP contribution in [0.3, 0.4) is 0 Å². The number of ether oxygens (including phenoxy) is 1. The number of hydrogen-bond donors (Lipinski definition) is 2. The predicted molar refractivity (Wildman–Crippen MR) is 118 cm³/mol. The maximum absolute atomic E-state index is 12.4. The standard InChI is InChI=1S/C22H26N4O2S/c1-4-15(2)16-5-9-18(10-6-16)23-20(27)13-14-26-21(24-25-22(26)29)17-7-11-19(28-3)12-8-17/h5-12,15H,4,13-14H2,1-3H3,(H,23,27)(H,25,29)/t15-/m0/s1. The molecule has 0 aliphatic heterocycles. The summed E-state index contributed by atoms with van der Waals surface area (Å²) in [5.74, 6) is 1.92. The minimum Gasteiger partial charge on any atom is -0.497 e. The quantitative estimate of drug-likeness (QED) is 0.503. The fourth-order valence-corrected chi connectivity index (χ4v) is 3.28. The summed E-state index contributed by atoms with van der Waals surface area (Å²) in [4.78, 5) is 12.4. The SMILES string of the molecule is CC[C@H](C)c1ccc(NC(=O)CCn2c(-c3ccc(OC)cc3)n[nH]c2=S)cc1. The number of aromatic nitrogens is 3. The molecule has 0 aliphatic rings. The van der Waals surface area contributed by atoms with Crippen molar-refractivity contribution in [2.75, 3.05) is 12.4 Å². The Kier molecular flexibility index (Phi) is 6.82. The molecule has 1 heterocycles. The Morgan fingerprint density at radius 3 is 2.52 bits per heavy atom. The zero-order chi connectivity index (χ0) is 20.8. The summed E-state index contributed by atoms with van der Waals surface area (Å²) in [6.07, 6.45) is 1.39. The number of benzene rings is 2. The normalized spacial score (nSPS) is 11.8. The lowest BCUT2D eigenvalue weighted by Crippen LogP contribution is -2.15. The molecule has 0 unspecified atom stereocenters. The van der Waals surface area contributed by atoms with E-state index in [0.717, 1.165) is 23.4 Å². The second-order valence-electron chi connectivity index (χ2n) is 6.96. The molecular formula is C22H26N4O2S. The van der Waals surface area contributed by atoms with Gasteiger partial charge in [0.2, 0.25) is 5.91 Å². The lowest BCUT2D eigenvalue weighted by atomic mass is 9.99. The molecule has 1 aromatic heterocycles. The summed E-state index contributed by atoms with van der Waals surface area (Å²) in [5, 5.41) is 10.1. The number of nitrogens with one attached hydrogen (secondary N) is 2. The molecule has 1 atom stereocenters. The van der Waals surface area contributed by atoms with Gasteiger partial charge in [-0.1, -0.05) is 26.0 Å². The molecule has 0 fully saturated rings. The highest BCUT2D eigenvalue weighted by molar-refractivity contribution is 7.71. The van der Waals surface area contributed by atoms with Gasteiger partial charge >= 0.3 is 0 Å². The highest BCUT2D eigenvalue weighted by Crippen LogP contribution is 2.22. The fourth-order valence-electron chi connectivity index (χ4n) is 3.05. The highest BCUT2D eigenvalue weighted by atomic mass is 32.1. The number of methoxy groups -OCH3 is 1. The van der Waals surface area contributed by atoms with Crippen molar-refractivity contribution < 1.29 is 9.53 Å². The molecule has 2 aromatic carbocycles. The van der Waals surface area contributed by atoms with Crippen molar-refractivity contribution in [1.29, 1.82) is 0 Å². The zero-order valence-electron chi connectivity index (χ0n) is 16.9. The first-order chi connectivity index (χ1) is 14.0. The molecular weight excluding hydrogens is 384 g/mol. The molecule has 2 N–H and O–H groups in total. The molecule has 6 nitrogen and oxygen atoms in total. The van der Waals surface area contributed by atoms with Crippen molar-refractivity contribution in [1.82, 2.24) is 14.8 Å². The van der Waals surface area contributed by atoms with Crippen molar-refractivity contribution in [3.05, 3.63) is 58.9 Å². The second-order valence-corrected chi connectivity index (χ2v) is 7.35. The molecule has 0 saturated carbocycles. The third-order valence-corrected chi connectivity index (χ3v) is 5.36. The van der Waals surface area contributed by atoms with Crippen molar-refractivity contribution in [3.8, 4) is 17.1 Å². The van der Waals surface area contributed by atoms with E-state index in [4.69, 9.17) is 17.0 Å². The van der Waals surface area contributed by atoms with Gasteiger partial charge in [0.05, 0.1) is 7.11 Å². The van der Waals surface area contributed by atoms with Crippen molar-refractivity contribution >= 4 is 23.8 Å². The van der Waals surface area contributed by atoms with E-state index in [1.54, 1.807) is 7.11 Å². The van der Waals surface area contributed by atoms with Crippen LogP contribution in [0.5, 0.6) is 5.75 Å². The van der Waals surface area contributed by atoms with E-state index in [0.29, 0.717) is 29.5 Å². The number of carbonyl (C=O) groups is 1. The second kappa shape index (κ2) is 9.52. The molecule has 0 spiro atoms. The molecule has 3 rings (SSSR count). The van der Waals surface area contributed by atoms with Crippen molar-refractivity contribution in [2.45, 2.75) is 39.2 Å². The van der Waals surface area contributed by atoms with Gasteiger partial charge in [0, 0.05) is 24.2 Å². The Morgan fingerprint density at radius 1 is 1.21 bits per heavy atom. The van der Waals surface area contributed by atoms with Crippen LogP contribution in [-0.4, -0.2) is 27.8 Å². The summed E-state index contributed by atoms with van der Waals surface area (Å²) in [5.41, 5.74) is 2.98. The fraction of sp³-hybridized carbons (Fsp3) is 0.318. The average Bonchev–Trinajstić information content (AvgIpc) is 3.12. The number of rotatable bonds is 8. The maximum atomic E-state index is 12.4. The Bertz CT molecular complexity index is 1010. The van der Waals surface area contributed by atoms with Crippen LogP contribution in [0.1, 0.15) is 38.2 Å². The minimum atomic E-state index is -0.0647. The van der Waals surface area contributed by atoms with Crippen LogP contribution in [0.25, 0.3) is 11.4 Å². The van der Waals surface area contributed by atoms with E-state index in [9.17, 15) is 4.79 Å². The highest BCUT2D eigenvalue weighted by Gasteiger charge is 2.11. The summed E-state index contributed by atoms with van der Waals surface area (Å²) >= 11 is 5.34. The number of carbonyl (C=O) groups excluding carboxylic acids is 1. The van der Waals surface area contributed by atoms with E-state index in [1.165, 1.54) is 5.56 Å².